The minimum absolute atomic E-state index is 0.699. The lowest BCUT2D eigenvalue weighted by molar-refractivity contribution is 0.184. The Kier molecular flexibility index (Phi) is 4.70. The van der Waals surface area contributed by atoms with Crippen LogP contribution >= 0.6 is 0 Å². The average Bonchev–Trinajstić information content (AvgIpc) is 2.96. The van der Waals surface area contributed by atoms with Crippen LogP contribution in [0.1, 0.15) is 17.3 Å². The zero-order valence-electron chi connectivity index (χ0n) is 11.8. The van der Waals surface area contributed by atoms with Crippen molar-refractivity contribution in [2.45, 2.75) is 26.6 Å². The second kappa shape index (κ2) is 6.49. The van der Waals surface area contributed by atoms with Crippen molar-refractivity contribution in [1.82, 2.24) is 24.4 Å². The molecule has 19 heavy (non-hydrogen) atoms. The first-order valence-corrected chi connectivity index (χ1v) is 6.37. The van der Waals surface area contributed by atoms with Gasteiger partial charge in [0.2, 0.25) is 0 Å². The number of hydrogen-bond donors (Lipinski definition) is 1. The number of rotatable bonds is 7. The van der Waals surface area contributed by atoms with E-state index in [2.05, 4.69) is 31.5 Å². The molecule has 0 saturated carbocycles. The Morgan fingerprint density at radius 3 is 2.89 bits per heavy atom. The molecule has 0 saturated heterocycles. The van der Waals surface area contributed by atoms with E-state index in [9.17, 15) is 0 Å². The van der Waals surface area contributed by atoms with Gasteiger partial charge in [-0.05, 0) is 14.0 Å². The van der Waals surface area contributed by atoms with E-state index < -0.39 is 0 Å². The molecule has 0 bridgehead atoms. The lowest BCUT2D eigenvalue weighted by atomic mass is 10.4. The quantitative estimate of drug-likeness (QED) is 0.815. The summed E-state index contributed by atoms with van der Waals surface area (Å²) >= 11 is 0. The van der Waals surface area contributed by atoms with E-state index in [-0.39, 0.29) is 0 Å². The highest BCUT2D eigenvalue weighted by molar-refractivity contribution is 4.99. The van der Waals surface area contributed by atoms with Crippen molar-refractivity contribution in [3.63, 3.8) is 0 Å². The van der Waals surface area contributed by atoms with E-state index in [0.29, 0.717) is 6.61 Å². The lowest BCUT2D eigenvalue weighted by Gasteiger charge is -2.16. The normalized spacial score (nSPS) is 11.4. The number of aryl methyl sites for hydroxylation is 1. The topological polar surface area (TPSA) is 59.0 Å². The number of ether oxygens (including phenoxy) is 1. The summed E-state index contributed by atoms with van der Waals surface area (Å²) in [6.45, 7) is 5.11. The molecule has 2 rings (SSSR count). The van der Waals surface area contributed by atoms with Gasteiger partial charge < -0.3 is 14.3 Å². The number of hydrogen-bond acceptors (Lipinski definition) is 4. The molecule has 0 aliphatic rings. The zero-order chi connectivity index (χ0) is 13.7. The van der Waals surface area contributed by atoms with Crippen molar-refractivity contribution < 1.29 is 4.74 Å². The molecule has 0 unspecified atom stereocenters. The van der Waals surface area contributed by atoms with Crippen LogP contribution in [0.4, 0.5) is 0 Å². The molecule has 0 aliphatic heterocycles. The third-order valence-electron chi connectivity index (χ3n) is 2.92. The minimum atomic E-state index is 0.699. The summed E-state index contributed by atoms with van der Waals surface area (Å²) in [5.41, 5.74) is 1.09. The Bertz CT molecular complexity index is 505. The molecule has 2 heterocycles. The van der Waals surface area contributed by atoms with Gasteiger partial charge in [0.15, 0.2) is 0 Å². The molecule has 0 atom stereocenters. The van der Waals surface area contributed by atoms with Gasteiger partial charge in [-0.2, -0.15) is 0 Å². The molecule has 6 nitrogen and oxygen atoms in total. The van der Waals surface area contributed by atoms with Gasteiger partial charge in [-0.3, -0.25) is 4.90 Å². The highest BCUT2D eigenvalue weighted by Crippen LogP contribution is 2.05. The molecule has 0 fully saturated rings. The van der Waals surface area contributed by atoms with Crippen molar-refractivity contribution in [3.8, 4) is 0 Å². The van der Waals surface area contributed by atoms with Gasteiger partial charge in [0.05, 0.1) is 19.7 Å². The molecule has 0 amide bonds. The van der Waals surface area contributed by atoms with Gasteiger partial charge in [0.25, 0.3) is 0 Å². The molecule has 0 spiro atoms. The Morgan fingerprint density at radius 2 is 2.21 bits per heavy atom. The van der Waals surface area contributed by atoms with E-state index in [1.54, 1.807) is 7.11 Å². The van der Waals surface area contributed by atoms with Crippen molar-refractivity contribution in [2.24, 2.45) is 0 Å². The molecule has 0 aliphatic carbocycles. The first kappa shape index (κ1) is 13.8. The monoisotopic (exact) mass is 263 g/mol. The number of imidazole rings is 2. The second-order valence-corrected chi connectivity index (χ2v) is 4.71. The second-order valence-electron chi connectivity index (χ2n) is 4.71. The van der Waals surface area contributed by atoms with Crippen LogP contribution in [0.3, 0.4) is 0 Å². The summed E-state index contributed by atoms with van der Waals surface area (Å²) in [4.78, 5) is 14.1. The van der Waals surface area contributed by atoms with Crippen LogP contribution in [0.25, 0.3) is 0 Å². The van der Waals surface area contributed by atoms with Gasteiger partial charge in [0, 0.05) is 37.9 Å². The minimum Gasteiger partial charge on any atom is -0.383 e. The van der Waals surface area contributed by atoms with Gasteiger partial charge >= 0.3 is 0 Å². The van der Waals surface area contributed by atoms with Crippen molar-refractivity contribution >= 4 is 0 Å². The largest absolute Gasteiger partial charge is 0.383 e. The molecule has 2 aromatic rings. The summed E-state index contributed by atoms with van der Waals surface area (Å²) in [6, 6.07) is 0. The zero-order valence-corrected chi connectivity index (χ0v) is 11.8. The van der Waals surface area contributed by atoms with Gasteiger partial charge in [-0.25, -0.2) is 9.97 Å². The van der Waals surface area contributed by atoms with Gasteiger partial charge in [0.1, 0.15) is 11.6 Å². The highest BCUT2D eigenvalue weighted by atomic mass is 16.5. The van der Waals surface area contributed by atoms with Crippen molar-refractivity contribution in [1.29, 1.82) is 0 Å². The van der Waals surface area contributed by atoms with E-state index in [1.165, 1.54) is 0 Å². The summed E-state index contributed by atoms with van der Waals surface area (Å²) < 4.78 is 7.21. The van der Waals surface area contributed by atoms with Crippen LogP contribution < -0.4 is 0 Å². The Hall–Kier alpha value is -1.66. The summed E-state index contributed by atoms with van der Waals surface area (Å²) in [6.07, 6.45) is 5.66. The maximum absolute atomic E-state index is 5.10. The Morgan fingerprint density at radius 1 is 1.37 bits per heavy atom. The lowest BCUT2D eigenvalue weighted by Crippen LogP contribution is -2.21. The molecular formula is C13H21N5O. The molecule has 6 heteroatoms. The summed E-state index contributed by atoms with van der Waals surface area (Å²) in [7, 11) is 3.77. The van der Waals surface area contributed by atoms with Crippen LogP contribution in [-0.4, -0.2) is 45.2 Å². The van der Waals surface area contributed by atoms with Crippen LogP contribution in [0.5, 0.6) is 0 Å². The first-order valence-electron chi connectivity index (χ1n) is 6.37. The first-order chi connectivity index (χ1) is 9.19. The Labute approximate surface area is 113 Å². The van der Waals surface area contributed by atoms with E-state index in [0.717, 1.165) is 37.0 Å². The molecule has 0 aromatic carbocycles. The predicted molar refractivity (Wildman–Crippen MR) is 72.6 cm³/mol. The number of nitrogens with zero attached hydrogens (tertiary/aromatic N) is 4. The van der Waals surface area contributed by atoms with Crippen LogP contribution in [-0.2, 0) is 24.4 Å². The molecular weight excluding hydrogens is 242 g/mol. The standard InChI is InChI=1S/C13H21N5O/c1-11-8-15-12(16-11)9-17(2)10-13-14-4-5-18(13)6-7-19-3/h4-5,8H,6-7,9-10H2,1-3H3,(H,15,16). The maximum atomic E-state index is 5.10. The number of H-pyrrole nitrogens is 1. The van der Waals surface area contributed by atoms with E-state index in [4.69, 9.17) is 4.74 Å². The maximum Gasteiger partial charge on any atom is 0.122 e. The summed E-state index contributed by atoms with van der Waals surface area (Å²) in [5, 5.41) is 0. The van der Waals surface area contributed by atoms with Crippen molar-refractivity contribution in [2.75, 3.05) is 20.8 Å². The molecule has 2 aromatic heterocycles. The van der Waals surface area contributed by atoms with E-state index in [1.807, 2.05) is 25.5 Å². The fraction of sp³-hybridized carbons (Fsp3) is 0.538. The van der Waals surface area contributed by atoms with Crippen LogP contribution in [0, 0.1) is 6.92 Å². The SMILES string of the molecule is COCCn1ccnc1CN(C)Cc1ncc(C)[nH]1. The van der Waals surface area contributed by atoms with Crippen molar-refractivity contribution in [3.05, 3.63) is 35.9 Å². The molecule has 0 radical (unpaired) electrons. The number of aromatic nitrogens is 4. The number of aromatic amines is 1. The highest BCUT2D eigenvalue weighted by Gasteiger charge is 2.08. The summed E-state index contributed by atoms with van der Waals surface area (Å²) in [5.74, 6) is 2.03. The third-order valence-corrected chi connectivity index (χ3v) is 2.92. The van der Waals surface area contributed by atoms with Gasteiger partial charge in [-0.15, -0.1) is 0 Å². The van der Waals surface area contributed by atoms with Gasteiger partial charge in [-0.1, -0.05) is 0 Å². The number of methoxy groups -OCH3 is 1. The molecule has 104 valence electrons. The third kappa shape index (κ3) is 3.90. The predicted octanol–water partition coefficient (Wildman–Crippen LogP) is 1.19. The Balaban J connectivity index is 1.91. The number of nitrogens with one attached hydrogen (secondary N) is 1. The average molecular weight is 263 g/mol. The fourth-order valence-corrected chi connectivity index (χ4v) is 1.99. The fourth-order valence-electron chi connectivity index (χ4n) is 1.99. The van der Waals surface area contributed by atoms with E-state index >= 15 is 0 Å². The van der Waals surface area contributed by atoms with Crippen LogP contribution in [0.15, 0.2) is 18.6 Å². The van der Waals surface area contributed by atoms with Crippen LogP contribution in [0.2, 0.25) is 0 Å². The molecule has 1 N–H and O–H groups in total. The smallest absolute Gasteiger partial charge is 0.122 e.